The van der Waals surface area contributed by atoms with Gasteiger partial charge in [-0.2, -0.15) is 0 Å². The van der Waals surface area contributed by atoms with Crippen molar-refractivity contribution in [3.05, 3.63) is 24.3 Å². The molecule has 0 aromatic heterocycles. The van der Waals surface area contributed by atoms with Crippen LogP contribution in [0.5, 0.6) is 0 Å². The van der Waals surface area contributed by atoms with Crippen molar-refractivity contribution in [3.8, 4) is 0 Å². The lowest BCUT2D eigenvalue weighted by Crippen LogP contribution is -2.35. The van der Waals surface area contributed by atoms with Crippen molar-refractivity contribution in [1.29, 1.82) is 0 Å². The molecule has 0 aliphatic heterocycles. The van der Waals surface area contributed by atoms with E-state index in [1.807, 2.05) is 13.8 Å². The van der Waals surface area contributed by atoms with E-state index in [9.17, 15) is 4.79 Å². The van der Waals surface area contributed by atoms with Crippen LogP contribution in [0.4, 0.5) is 0 Å². The molecule has 2 nitrogen and oxygen atoms in total. The van der Waals surface area contributed by atoms with Crippen LogP contribution in [0.2, 0.25) is 0 Å². The quantitative estimate of drug-likeness (QED) is 0.392. The molecule has 0 amide bonds. The van der Waals surface area contributed by atoms with E-state index in [1.165, 1.54) is 0 Å². The number of carbonyl (C=O) groups excluding carboxylic acids is 1. The van der Waals surface area contributed by atoms with Crippen LogP contribution in [0.25, 0.3) is 0 Å². The number of esters is 1. The Morgan fingerprint density at radius 3 is 2.36 bits per heavy atom. The Morgan fingerprint density at radius 2 is 1.93 bits per heavy atom. The van der Waals surface area contributed by atoms with Crippen molar-refractivity contribution in [2.24, 2.45) is 5.92 Å². The molecule has 0 aromatic rings. The lowest BCUT2D eigenvalue weighted by molar-refractivity contribution is -0.156. The maximum atomic E-state index is 11.4. The number of rotatable bonds is 3. The molecule has 0 radical (unpaired) electrons. The van der Waals surface area contributed by atoms with Gasteiger partial charge in [0, 0.05) is 11.5 Å². The average molecular weight is 194 g/mol. The molecule has 2 heteroatoms. The minimum Gasteiger partial charge on any atom is -0.456 e. The monoisotopic (exact) mass is 194 g/mol. The minimum absolute atomic E-state index is 0.290. The molecule has 0 atom stereocenters. The fourth-order valence-corrected chi connectivity index (χ4v) is 1.59. The van der Waals surface area contributed by atoms with Gasteiger partial charge in [-0.05, 0) is 33.6 Å². The summed E-state index contributed by atoms with van der Waals surface area (Å²) < 4.78 is 5.40. The van der Waals surface area contributed by atoms with Gasteiger partial charge in [0.1, 0.15) is 5.60 Å². The molecular formula is C12H18O2. The largest absolute Gasteiger partial charge is 0.456 e. The van der Waals surface area contributed by atoms with Gasteiger partial charge in [0.05, 0.1) is 0 Å². The zero-order valence-electron chi connectivity index (χ0n) is 9.17. The van der Waals surface area contributed by atoms with Crippen LogP contribution in [0.3, 0.4) is 0 Å². The van der Waals surface area contributed by atoms with E-state index in [1.54, 1.807) is 6.92 Å². The first kappa shape index (κ1) is 11.0. The smallest absolute Gasteiger partial charge is 0.333 e. The van der Waals surface area contributed by atoms with Gasteiger partial charge in [-0.1, -0.05) is 18.7 Å². The first-order chi connectivity index (χ1) is 6.43. The summed E-state index contributed by atoms with van der Waals surface area (Å²) >= 11 is 0. The Balaban J connectivity index is 2.57. The summed E-state index contributed by atoms with van der Waals surface area (Å²) in [5.41, 5.74) is 0.0727. The molecule has 0 N–H and O–H groups in total. The Bertz CT molecular complexity index is 266. The summed E-state index contributed by atoms with van der Waals surface area (Å²) in [6.07, 6.45) is 6.27. The Hall–Kier alpha value is -1.05. The molecule has 0 bridgehead atoms. The Morgan fingerprint density at radius 1 is 1.43 bits per heavy atom. The van der Waals surface area contributed by atoms with Crippen molar-refractivity contribution in [3.63, 3.8) is 0 Å². The molecular weight excluding hydrogens is 176 g/mol. The van der Waals surface area contributed by atoms with E-state index in [0.29, 0.717) is 11.5 Å². The first-order valence-electron chi connectivity index (χ1n) is 4.97. The summed E-state index contributed by atoms with van der Waals surface area (Å²) in [6, 6.07) is 0. The van der Waals surface area contributed by atoms with E-state index in [2.05, 4.69) is 18.7 Å². The Labute approximate surface area is 85.6 Å². The summed E-state index contributed by atoms with van der Waals surface area (Å²) in [7, 11) is 0. The summed E-state index contributed by atoms with van der Waals surface area (Å²) in [4.78, 5) is 11.4. The molecule has 1 aliphatic rings. The molecule has 0 unspecified atom stereocenters. The maximum absolute atomic E-state index is 11.4. The number of hydrogen-bond acceptors (Lipinski definition) is 2. The molecule has 1 rings (SSSR count). The molecule has 0 saturated heterocycles. The maximum Gasteiger partial charge on any atom is 0.333 e. The lowest BCUT2D eigenvalue weighted by Gasteiger charge is -2.31. The second-order valence-electron chi connectivity index (χ2n) is 4.41. The standard InChI is InChI=1S/C12H18O2/c1-9(2)11(13)14-12(3,4)10-7-5-6-8-10/h5-6,10H,1,7-8H2,2-4H3. The van der Waals surface area contributed by atoms with Crippen LogP contribution < -0.4 is 0 Å². The summed E-state index contributed by atoms with van der Waals surface area (Å²) in [5, 5.41) is 0. The number of carbonyl (C=O) groups is 1. The normalized spacial score (nSPS) is 17.1. The molecule has 0 fully saturated rings. The highest BCUT2D eigenvalue weighted by molar-refractivity contribution is 5.87. The lowest BCUT2D eigenvalue weighted by atomic mass is 9.89. The van der Waals surface area contributed by atoms with Gasteiger partial charge in [-0.25, -0.2) is 4.79 Å². The fraction of sp³-hybridized carbons (Fsp3) is 0.583. The van der Waals surface area contributed by atoms with E-state index >= 15 is 0 Å². The predicted octanol–water partition coefficient (Wildman–Crippen LogP) is 2.85. The van der Waals surface area contributed by atoms with Gasteiger partial charge in [0.25, 0.3) is 0 Å². The number of allylic oxidation sites excluding steroid dienone is 2. The van der Waals surface area contributed by atoms with E-state index in [0.717, 1.165) is 12.8 Å². The SMILES string of the molecule is C=C(C)C(=O)OC(C)(C)C1CC=CC1. The van der Waals surface area contributed by atoms with Gasteiger partial charge in [-0.3, -0.25) is 0 Å². The average Bonchev–Trinajstić information content (AvgIpc) is 2.54. The summed E-state index contributed by atoms with van der Waals surface area (Å²) in [6.45, 7) is 9.18. The van der Waals surface area contributed by atoms with E-state index in [4.69, 9.17) is 4.74 Å². The third-order valence-corrected chi connectivity index (χ3v) is 2.70. The molecule has 0 heterocycles. The van der Waals surface area contributed by atoms with Gasteiger partial charge in [0.2, 0.25) is 0 Å². The zero-order valence-corrected chi connectivity index (χ0v) is 9.17. The van der Waals surface area contributed by atoms with Crippen LogP contribution in [-0.2, 0) is 9.53 Å². The second-order valence-corrected chi connectivity index (χ2v) is 4.41. The van der Waals surface area contributed by atoms with Crippen LogP contribution in [-0.4, -0.2) is 11.6 Å². The molecule has 78 valence electrons. The molecule has 0 spiro atoms. The van der Waals surface area contributed by atoms with E-state index < -0.39 is 0 Å². The van der Waals surface area contributed by atoms with Gasteiger partial charge >= 0.3 is 5.97 Å². The van der Waals surface area contributed by atoms with Crippen molar-refractivity contribution < 1.29 is 9.53 Å². The van der Waals surface area contributed by atoms with Crippen LogP contribution in [0.1, 0.15) is 33.6 Å². The highest BCUT2D eigenvalue weighted by Crippen LogP contribution is 2.32. The van der Waals surface area contributed by atoms with Gasteiger partial charge in [-0.15, -0.1) is 0 Å². The fourth-order valence-electron chi connectivity index (χ4n) is 1.59. The third-order valence-electron chi connectivity index (χ3n) is 2.70. The zero-order chi connectivity index (χ0) is 10.8. The van der Waals surface area contributed by atoms with Crippen LogP contribution >= 0.6 is 0 Å². The molecule has 1 aliphatic carbocycles. The van der Waals surface area contributed by atoms with E-state index in [-0.39, 0.29) is 11.6 Å². The molecule has 0 aromatic carbocycles. The van der Waals surface area contributed by atoms with Crippen molar-refractivity contribution in [2.75, 3.05) is 0 Å². The van der Waals surface area contributed by atoms with Crippen LogP contribution in [0.15, 0.2) is 24.3 Å². The van der Waals surface area contributed by atoms with Crippen LogP contribution in [0, 0.1) is 5.92 Å². The van der Waals surface area contributed by atoms with Crippen molar-refractivity contribution in [1.82, 2.24) is 0 Å². The van der Waals surface area contributed by atoms with Gasteiger partial charge < -0.3 is 4.74 Å². The van der Waals surface area contributed by atoms with Crippen molar-refractivity contribution in [2.45, 2.75) is 39.2 Å². The first-order valence-corrected chi connectivity index (χ1v) is 4.97. The van der Waals surface area contributed by atoms with Gasteiger partial charge in [0.15, 0.2) is 0 Å². The molecule has 14 heavy (non-hydrogen) atoms. The Kier molecular flexibility index (Phi) is 3.14. The topological polar surface area (TPSA) is 26.3 Å². The minimum atomic E-state index is -0.389. The molecule has 0 saturated carbocycles. The van der Waals surface area contributed by atoms with Crippen molar-refractivity contribution >= 4 is 5.97 Å². The third kappa shape index (κ3) is 2.47. The highest BCUT2D eigenvalue weighted by Gasteiger charge is 2.33. The second kappa shape index (κ2) is 3.99. The predicted molar refractivity (Wildman–Crippen MR) is 56.8 cm³/mol. The summed E-state index contributed by atoms with van der Waals surface area (Å²) in [5.74, 6) is 0.118. The number of hydrogen-bond donors (Lipinski definition) is 0. The number of ether oxygens (including phenoxy) is 1. The highest BCUT2D eigenvalue weighted by atomic mass is 16.6.